The second-order valence-corrected chi connectivity index (χ2v) is 11.3. The average molecular weight is 554 g/mol. The van der Waals surface area contributed by atoms with E-state index in [9.17, 15) is 9.59 Å². The number of piperidine rings is 1. The van der Waals surface area contributed by atoms with Gasteiger partial charge in [0.2, 0.25) is 5.91 Å². The van der Waals surface area contributed by atoms with E-state index in [1.54, 1.807) is 19.6 Å². The van der Waals surface area contributed by atoms with Crippen molar-refractivity contribution in [3.63, 3.8) is 0 Å². The zero-order valence-corrected chi connectivity index (χ0v) is 24.3. The maximum absolute atomic E-state index is 13.9. The Balaban J connectivity index is 1.38. The number of ether oxygens (including phenoxy) is 2. The van der Waals surface area contributed by atoms with Gasteiger partial charge in [-0.3, -0.25) is 4.79 Å². The first-order valence-corrected chi connectivity index (χ1v) is 15.1. The zero-order chi connectivity index (χ0) is 28.2. The molecule has 2 aromatic rings. The van der Waals surface area contributed by atoms with E-state index >= 15 is 0 Å². The van der Waals surface area contributed by atoms with Gasteiger partial charge >= 0.3 is 6.03 Å². The number of benzene rings is 1. The quantitative estimate of drug-likeness (QED) is 0.314. The molecule has 2 aliphatic rings. The number of aromatic amines is 1. The zero-order valence-electron chi connectivity index (χ0n) is 24.3. The molecule has 0 radical (unpaired) electrons. The minimum atomic E-state index is -0.653. The number of likely N-dealkylation sites (tertiary alicyclic amines) is 1. The van der Waals surface area contributed by atoms with Gasteiger partial charge in [0.25, 0.3) is 0 Å². The number of carbonyl (C=O) groups is 2. The van der Waals surface area contributed by atoms with Crippen LogP contribution in [0.15, 0.2) is 36.8 Å². The summed E-state index contributed by atoms with van der Waals surface area (Å²) >= 11 is 0. The van der Waals surface area contributed by atoms with Gasteiger partial charge in [0, 0.05) is 44.6 Å². The van der Waals surface area contributed by atoms with Crippen LogP contribution >= 0.6 is 0 Å². The van der Waals surface area contributed by atoms with Gasteiger partial charge in [-0.15, -0.1) is 0 Å². The number of imidazole rings is 1. The predicted molar refractivity (Wildman–Crippen MR) is 155 cm³/mol. The number of rotatable bonds is 13. The van der Waals surface area contributed by atoms with Crippen molar-refractivity contribution in [2.45, 2.75) is 89.2 Å². The lowest BCUT2D eigenvalue weighted by molar-refractivity contribution is -0.149. The first-order chi connectivity index (χ1) is 19.5. The number of aryl methyl sites for hydroxylation is 1. The summed E-state index contributed by atoms with van der Waals surface area (Å²) in [6, 6.07) is 6.70. The number of nitrogens with one attached hydrogen (secondary N) is 3. The van der Waals surface area contributed by atoms with Gasteiger partial charge in [-0.25, -0.2) is 9.78 Å². The van der Waals surface area contributed by atoms with Gasteiger partial charge in [-0.2, -0.15) is 0 Å². The van der Waals surface area contributed by atoms with Crippen molar-refractivity contribution in [1.82, 2.24) is 25.5 Å². The van der Waals surface area contributed by atoms with Crippen LogP contribution < -0.4 is 15.4 Å². The first kappa shape index (κ1) is 29.9. The second kappa shape index (κ2) is 15.1. The number of carbonyl (C=O) groups excluding carboxylic acids is 2. The SMILES string of the molecule is CCCOC1(C2CCCCC2)CCN(C(=O)C(Cc2ccc(OC)cc2)NC(=O)NCCCc2cnc[nH]2)CC1. The highest BCUT2D eigenvalue weighted by atomic mass is 16.5. The number of methoxy groups -OCH3 is 1. The van der Waals surface area contributed by atoms with Crippen molar-refractivity contribution < 1.29 is 19.1 Å². The maximum Gasteiger partial charge on any atom is 0.315 e. The molecule has 220 valence electrons. The Morgan fingerprint density at radius 1 is 1.15 bits per heavy atom. The Morgan fingerprint density at radius 3 is 2.55 bits per heavy atom. The van der Waals surface area contributed by atoms with Gasteiger partial charge < -0.3 is 30.0 Å². The number of nitrogens with zero attached hydrogens (tertiary/aromatic N) is 2. The normalized spacial score (nSPS) is 18.2. The van der Waals surface area contributed by atoms with Crippen LogP contribution in [0.1, 0.15) is 76.0 Å². The van der Waals surface area contributed by atoms with E-state index in [4.69, 9.17) is 9.47 Å². The lowest BCUT2D eigenvalue weighted by atomic mass is 9.72. The van der Waals surface area contributed by atoms with E-state index in [0.29, 0.717) is 32.0 Å². The molecule has 4 rings (SSSR count). The first-order valence-electron chi connectivity index (χ1n) is 15.1. The van der Waals surface area contributed by atoms with E-state index in [0.717, 1.165) is 55.7 Å². The third-order valence-corrected chi connectivity index (χ3v) is 8.53. The molecule has 3 N–H and O–H groups in total. The summed E-state index contributed by atoms with van der Waals surface area (Å²) in [5.41, 5.74) is 1.88. The van der Waals surface area contributed by atoms with Crippen molar-refractivity contribution >= 4 is 11.9 Å². The molecule has 40 heavy (non-hydrogen) atoms. The highest BCUT2D eigenvalue weighted by Gasteiger charge is 2.44. The summed E-state index contributed by atoms with van der Waals surface area (Å²) in [5.74, 6) is 1.30. The van der Waals surface area contributed by atoms with Crippen molar-refractivity contribution in [2.75, 3.05) is 33.4 Å². The number of hydrogen-bond acceptors (Lipinski definition) is 5. The lowest BCUT2D eigenvalue weighted by Gasteiger charge is -2.48. The Morgan fingerprint density at radius 2 is 1.90 bits per heavy atom. The second-order valence-electron chi connectivity index (χ2n) is 11.3. The molecule has 3 amide bonds. The van der Waals surface area contributed by atoms with Crippen LogP contribution in [0.4, 0.5) is 4.79 Å². The molecule has 1 aliphatic carbocycles. The molecule has 1 saturated carbocycles. The summed E-state index contributed by atoms with van der Waals surface area (Å²) in [6.45, 7) is 4.76. The fourth-order valence-electron chi connectivity index (χ4n) is 6.24. The molecule has 1 aromatic carbocycles. The van der Waals surface area contributed by atoms with Crippen LogP contribution in [-0.2, 0) is 22.4 Å². The third kappa shape index (κ3) is 8.22. The van der Waals surface area contributed by atoms with Crippen LogP contribution in [-0.4, -0.2) is 71.8 Å². The summed E-state index contributed by atoms with van der Waals surface area (Å²) in [7, 11) is 1.63. The molecule has 0 spiro atoms. The van der Waals surface area contributed by atoms with E-state index in [1.165, 1.54) is 32.1 Å². The van der Waals surface area contributed by atoms with Gasteiger partial charge in [0.1, 0.15) is 11.8 Å². The van der Waals surface area contributed by atoms with Crippen LogP contribution in [0, 0.1) is 5.92 Å². The predicted octanol–water partition coefficient (Wildman–Crippen LogP) is 4.63. The standard InChI is InChI=1S/C31H47N5O4/c1-3-20-40-31(25-8-5-4-6-9-25)15-18-36(19-16-31)29(37)28(21-24-11-13-27(39-2)14-12-24)35-30(38)33-17-7-10-26-22-32-23-34-26/h11-14,22-23,25,28H,3-10,15-21H2,1-2H3,(H,32,34)(H2,33,35,38). The summed E-state index contributed by atoms with van der Waals surface area (Å²) < 4.78 is 11.9. The number of urea groups is 1. The molecular formula is C31H47N5O4. The van der Waals surface area contributed by atoms with E-state index < -0.39 is 6.04 Å². The number of hydrogen-bond donors (Lipinski definition) is 3. The molecule has 0 bridgehead atoms. The lowest BCUT2D eigenvalue weighted by Crippen LogP contribution is -2.57. The topological polar surface area (TPSA) is 109 Å². The Bertz CT molecular complexity index is 1030. The summed E-state index contributed by atoms with van der Waals surface area (Å²) in [5, 5.41) is 5.90. The van der Waals surface area contributed by atoms with E-state index in [2.05, 4.69) is 27.5 Å². The number of H-pyrrole nitrogens is 1. The number of amides is 3. The van der Waals surface area contributed by atoms with Crippen molar-refractivity contribution in [3.8, 4) is 5.75 Å². The molecule has 9 nitrogen and oxygen atoms in total. The molecule has 2 heterocycles. The van der Waals surface area contributed by atoms with E-state index in [1.807, 2.05) is 29.2 Å². The monoisotopic (exact) mass is 553 g/mol. The Kier molecular flexibility index (Phi) is 11.3. The van der Waals surface area contributed by atoms with Crippen LogP contribution in [0.5, 0.6) is 5.75 Å². The molecule has 1 aliphatic heterocycles. The van der Waals surface area contributed by atoms with Crippen LogP contribution in [0.3, 0.4) is 0 Å². The van der Waals surface area contributed by atoms with Gasteiger partial charge in [-0.1, -0.05) is 38.3 Å². The Labute approximate surface area is 238 Å². The van der Waals surface area contributed by atoms with Crippen molar-refractivity contribution in [2.24, 2.45) is 5.92 Å². The minimum Gasteiger partial charge on any atom is -0.497 e. The summed E-state index contributed by atoms with van der Waals surface area (Å²) in [6.07, 6.45) is 14.5. The fourth-order valence-corrected chi connectivity index (χ4v) is 6.24. The smallest absolute Gasteiger partial charge is 0.315 e. The minimum absolute atomic E-state index is 0.0313. The molecule has 1 atom stereocenters. The van der Waals surface area contributed by atoms with Crippen LogP contribution in [0.25, 0.3) is 0 Å². The molecular weight excluding hydrogens is 506 g/mol. The molecule has 9 heteroatoms. The van der Waals surface area contributed by atoms with Crippen molar-refractivity contribution in [3.05, 3.63) is 48.0 Å². The maximum atomic E-state index is 13.9. The van der Waals surface area contributed by atoms with E-state index in [-0.39, 0.29) is 17.5 Å². The highest BCUT2D eigenvalue weighted by Crippen LogP contribution is 2.42. The van der Waals surface area contributed by atoms with Gasteiger partial charge in [0.05, 0.1) is 19.0 Å². The van der Waals surface area contributed by atoms with Crippen molar-refractivity contribution in [1.29, 1.82) is 0 Å². The highest BCUT2D eigenvalue weighted by molar-refractivity contribution is 5.87. The largest absolute Gasteiger partial charge is 0.497 e. The van der Waals surface area contributed by atoms with Crippen LogP contribution in [0.2, 0.25) is 0 Å². The fraction of sp³-hybridized carbons (Fsp3) is 0.645. The molecule has 2 fully saturated rings. The molecule has 1 saturated heterocycles. The van der Waals surface area contributed by atoms with Gasteiger partial charge in [0.15, 0.2) is 0 Å². The average Bonchev–Trinajstić information content (AvgIpc) is 3.52. The van der Waals surface area contributed by atoms with Gasteiger partial charge in [-0.05, 0) is 68.6 Å². The summed E-state index contributed by atoms with van der Waals surface area (Å²) in [4.78, 5) is 35.8. The third-order valence-electron chi connectivity index (χ3n) is 8.53. The molecule has 1 unspecified atom stereocenters. The number of aromatic nitrogens is 2. The Hall–Kier alpha value is -3.07. The molecule has 1 aromatic heterocycles.